The number of aliphatic hydroxyl groups excluding tert-OH is 1. The Labute approximate surface area is 133 Å². The summed E-state index contributed by atoms with van der Waals surface area (Å²) in [5, 5.41) is 16.5. The van der Waals surface area contributed by atoms with Gasteiger partial charge in [-0.3, -0.25) is 9.59 Å². The van der Waals surface area contributed by atoms with Gasteiger partial charge >= 0.3 is 0 Å². The molecule has 3 N–H and O–H groups in total. The molecule has 1 heterocycles. The van der Waals surface area contributed by atoms with Crippen LogP contribution in [0.3, 0.4) is 0 Å². The number of carbonyl (C=O) groups excluding carboxylic acids is 2. The monoisotopic (exact) mass is 318 g/mol. The summed E-state index contributed by atoms with van der Waals surface area (Å²) in [6.07, 6.45) is 0. The minimum Gasteiger partial charge on any atom is -0.392 e. The summed E-state index contributed by atoms with van der Waals surface area (Å²) in [4.78, 5) is 24.5. The third-order valence-corrected chi connectivity index (χ3v) is 4.10. The average Bonchev–Trinajstić information content (AvgIpc) is 3.07. The molecule has 1 aromatic heterocycles. The molecule has 1 aromatic carbocycles. The van der Waals surface area contributed by atoms with Crippen molar-refractivity contribution in [3.8, 4) is 0 Å². The summed E-state index contributed by atoms with van der Waals surface area (Å²) < 4.78 is 0. The van der Waals surface area contributed by atoms with Crippen molar-refractivity contribution in [3.05, 3.63) is 57.8 Å². The number of nitrogens with one attached hydrogen (secondary N) is 2. The maximum atomic E-state index is 12.0. The van der Waals surface area contributed by atoms with Crippen LogP contribution in [0.15, 0.2) is 41.8 Å². The maximum Gasteiger partial charge on any atom is 0.261 e. The van der Waals surface area contributed by atoms with Crippen LogP contribution in [0, 0.1) is 0 Å². The summed E-state index contributed by atoms with van der Waals surface area (Å²) >= 11 is 1.33. The first-order chi connectivity index (χ1) is 10.6. The van der Waals surface area contributed by atoms with Gasteiger partial charge in [0.1, 0.15) is 6.04 Å². The molecule has 2 rings (SSSR count). The van der Waals surface area contributed by atoms with E-state index in [4.69, 9.17) is 0 Å². The molecular formula is C16H18N2O3S. The van der Waals surface area contributed by atoms with Gasteiger partial charge in [0.05, 0.1) is 11.5 Å². The molecule has 6 heteroatoms. The molecule has 116 valence electrons. The first-order valence-corrected chi connectivity index (χ1v) is 7.79. The molecule has 2 amide bonds. The number of carbonyl (C=O) groups is 2. The minimum atomic E-state index is -0.629. The van der Waals surface area contributed by atoms with E-state index in [-0.39, 0.29) is 18.4 Å². The van der Waals surface area contributed by atoms with Crippen molar-refractivity contribution in [3.63, 3.8) is 0 Å². The largest absolute Gasteiger partial charge is 0.392 e. The molecule has 0 fully saturated rings. The molecule has 22 heavy (non-hydrogen) atoms. The third-order valence-electron chi connectivity index (χ3n) is 3.23. The zero-order valence-electron chi connectivity index (χ0n) is 12.2. The van der Waals surface area contributed by atoms with Crippen molar-refractivity contribution in [2.45, 2.75) is 26.1 Å². The van der Waals surface area contributed by atoms with Gasteiger partial charge < -0.3 is 15.7 Å². The lowest BCUT2D eigenvalue weighted by molar-refractivity contribution is -0.122. The van der Waals surface area contributed by atoms with Crippen molar-refractivity contribution in [2.24, 2.45) is 0 Å². The van der Waals surface area contributed by atoms with Crippen LogP contribution >= 0.6 is 11.3 Å². The second kappa shape index (κ2) is 7.72. The van der Waals surface area contributed by atoms with Gasteiger partial charge in [0.15, 0.2) is 0 Å². The fourth-order valence-corrected chi connectivity index (χ4v) is 2.59. The second-order valence-electron chi connectivity index (χ2n) is 4.82. The number of thiophene rings is 1. The third kappa shape index (κ3) is 4.16. The Bertz CT molecular complexity index is 641. The Morgan fingerprint density at radius 2 is 1.91 bits per heavy atom. The highest BCUT2D eigenvalue weighted by molar-refractivity contribution is 7.12. The van der Waals surface area contributed by atoms with Crippen LogP contribution in [-0.4, -0.2) is 23.0 Å². The van der Waals surface area contributed by atoms with Gasteiger partial charge in [-0.25, -0.2) is 0 Å². The zero-order chi connectivity index (χ0) is 15.9. The van der Waals surface area contributed by atoms with Gasteiger partial charge in [-0.05, 0) is 29.5 Å². The topological polar surface area (TPSA) is 78.4 Å². The van der Waals surface area contributed by atoms with Crippen LogP contribution in [-0.2, 0) is 17.9 Å². The molecule has 1 unspecified atom stereocenters. The van der Waals surface area contributed by atoms with Gasteiger partial charge in [-0.15, -0.1) is 11.3 Å². The molecule has 5 nitrogen and oxygen atoms in total. The molecule has 1 atom stereocenters. The fourth-order valence-electron chi connectivity index (χ4n) is 1.96. The molecule has 0 aliphatic rings. The van der Waals surface area contributed by atoms with E-state index in [1.54, 1.807) is 19.1 Å². The first-order valence-electron chi connectivity index (χ1n) is 6.91. The zero-order valence-corrected chi connectivity index (χ0v) is 13.0. The van der Waals surface area contributed by atoms with E-state index < -0.39 is 6.04 Å². The van der Waals surface area contributed by atoms with Crippen molar-refractivity contribution < 1.29 is 14.7 Å². The van der Waals surface area contributed by atoms with Gasteiger partial charge in [0.25, 0.3) is 5.91 Å². The normalized spacial score (nSPS) is 11.7. The SMILES string of the molecule is CC(NC(=O)c1cccs1)C(=O)NCc1ccccc1CO. The van der Waals surface area contributed by atoms with Crippen LogP contribution in [0.25, 0.3) is 0 Å². The molecule has 0 spiro atoms. The molecule has 0 saturated heterocycles. The Hall–Kier alpha value is -2.18. The molecule has 0 aliphatic carbocycles. The number of rotatable bonds is 6. The molecule has 2 aromatic rings. The lowest BCUT2D eigenvalue weighted by Crippen LogP contribution is -2.44. The Kier molecular flexibility index (Phi) is 5.68. The Morgan fingerprint density at radius 1 is 1.18 bits per heavy atom. The van der Waals surface area contributed by atoms with Crippen LogP contribution in [0.5, 0.6) is 0 Å². The average molecular weight is 318 g/mol. The predicted molar refractivity (Wildman–Crippen MR) is 85.5 cm³/mol. The Morgan fingerprint density at radius 3 is 2.55 bits per heavy atom. The standard InChI is InChI=1S/C16H18N2O3S/c1-11(18-16(21)14-7-4-8-22-14)15(20)17-9-12-5-2-3-6-13(12)10-19/h2-8,11,19H,9-10H2,1H3,(H,17,20)(H,18,21). The number of aliphatic hydroxyl groups is 1. The highest BCUT2D eigenvalue weighted by Gasteiger charge is 2.17. The summed E-state index contributed by atoms with van der Waals surface area (Å²) in [6.45, 7) is 1.88. The number of hydrogen-bond donors (Lipinski definition) is 3. The second-order valence-corrected chi connectivity index (χ2v) is 5.76. The molecular weight excluding hydrogens is 300 g/mol. The minimum absolute atomic E-state index is 0.0727. The highest BCUT2D eigenvalue weighted by Crippen LogP contribution is 2.09. The predicted octanol–water partition coefficient (Wildman–Crippen LogP) is 1.68. The van der Waals surface area contributed by atoms with Gasteiger partial charge in [0.2, 0.25) is 5.91 Å². The van der Waals surface area contributed by atoms with Gasteiger partial charge in [-0.2, -0.15) is 0 Å². The van der Waals surface area contributed by atoms with Crippen molar-refractivity contribution in [1.82, 2.24) is 10.6 Å². The van der Waals surface area contributed by atoms with Crippen molar-refractivity contribution in [2.75, 3.05) is 0 Å². The quantitative estimate of drug-likeness (QED) is 0.758. The lowest BCUT2D eigenvalue weighted by Gasteiger charge is -2.14. The van der Waals surface area contributed by atoms with Crippen molar-refractivity contribution in [1.29, 1.82) is 0 Å². The molecule has 0 bridgehead atoms. The first kappa shape index (κ1) is 16.2. The number of benzene rings is 1. The number of amides is 2. The maximum absolute atomic E-state index is 12.0. The summed E-state index contributed by atoms with van der Waals surface area (Å²) in [6, 6.07) is 10.2. The summed E-state index contributed by atoms with van der Waals surface area (Å²) in [7, 11) is 0. The summed E-state index contributed by atoms with van der Waals surface area (Å²) in [5.41, 5.74) is 1.63. The van der Waals surface area contributed by atoms with Crippen molar-refractivity contribution >= 4 is 23.2 Å². The van der Waals surface area contributed by atoms with Crippen LogP contribution in [0.2, 0.25) is 0 Å². The van der Waals surface area contributed by atoms with Gasteiger partial charge in [-0.1, -0.05) is 30.3 Å². The van der Waals surface area contributed by atoms with E-state index in [9.17, 15) is 14.7 Å². The van der Waals surface area contributed by atoms with E-state index in [0.717, 1.165) is 11.1 Å². The van der Waals surface area contributed by atoms with Gasteiger partial charge in [0, 0.05) is 6.54 Å². The van der Waals surface area contributed by atoms with E-state index in [0.29, 0.717) is 11.4 Å². The highest BCUT2D eigenvalue weighted by atomic mass is 32.1. The smallest absolute Gasteiger partial charge is 0.261 e. The van der Waals surface area contributed by atoms with Crippen LogP contribution < -0.4 is 10.6 Å². The number of hydrogen-bond acceptors (Lipinski definition) is 4. The van der Waals surface area contributed by atoms with E-state index in [1.807, 2.05) is 29.6 Å². The van der Waals surface area contributed by atoms with E-state index in [1.165, 1.54) is 11.3 Å². The fraction of sp³-hybridized carbons (Fsp3) is 0.250. The lowest BCUT2D eigenvalue weighted by atomic mass is 10.1. The van der Waals surface area contributed by atoms with Crippen LogP contribution in [0.4, 0.5) is 0 Å². The Balaban J connectivity index is 1.87. The summed E-state index contributed by atoms with van der Waals surface area (Å²) in [5.74, 6) is -0.522. The molecule has 0 saturated carbocycles. The van der Waals surface area contributed by atoms with E-state index >= 15 is 0 Å². The molecule has 0 aliphatic heterocycles. The van der Waals surface area contributed by atoms with E-state index in [2.05, 4.69) is 10.6 Å². The molecule has 0 radical (unpaired) electrons. The van der Waals surface area contributed by atoms with Crippen LogP contribution in [0.1, 0.15) is 27.7 Å².